The Morgan fingerprint density at radius 3 is 0.891 bits per heavy atom. The highest BCUT2D eigenvalue weighted by atomic mass is 15.3. The summed E-state index contributed by atoms with van der Waals surface area (Å²) in [6, 6.07) is 42.9. The topological polar surface area (TPSA) is 0 Å². The maximum Gasteiger partial charge on any atom is 0.132 e. The van der Waals surface area contributed by atoms with Gasteiger partial charge in [0.15, 0.2) is 0 Å². The number of benzene rings is 4. The minimum atomic E-state index is 0.890. The van der Waals surface area contributed by atoms with Gasteiger partial charge in [-0.2, -0.15) is 0 Å². The molecule has 0 atom stereocenters. The molecule has 0 spiro atoms. The lowest BCUT2D eigenvalue weighted by Gasteiger charge is -2.39. The van der Waals surface area contributed by atoms with E-state index in [0.29, 0.717) is 0 Å². The Morgan fingerprint density at radius 1 is 0.345 bits per heavy atom. The fourth-order valence-electron chi connectivity index (χ4n) is 7.01. The number of para-hydroxylation sites is 1. The summed E-state index contributed by atoms with van der Waals surface area (Å²) in [5, 5.41) is 0. The van der Waals surface area contributed by atoms with Crippen molar-refractivity contribution in [2.24, 2.45) is 0 Å². The second kappa shape index (κ2) is 27.3. The van der Waals surface area contributed by atoms with Crippen LogP contribution in [0, 0.1) is 0 Å². The molecule has 0 unspecified atom stereocenters. The lowest BCUT2D eigenvalue weighted by molar-refractivity contribution is -0.941. The average Bonchev–Trinajstić information content (AvgIpc) is 3.19. The molecule has 0 radical (unpaired) electrons. The first-order valence-electron chi connectivity index (χ1n) is 21.7. The summed E-state index contributed by atoms with van der Waals surface area (Å²) >= 11 is 0. The van der Waals surface area contributed by atoms with Crippen molar-refractivity contribution in [1.29, 1.82) is 0 Å². The third-order valence-electron chi connectivity index (χ3n) is 10.7. The van der Waals surface area contributed by atoms with Gasteiger partial charge in [-0.15, -0.1) is 0 Å². The van der Waals surface area contributed by atoms with E-state index in [1.54, 1.807) is 0 Å². The number of hydrogen-bond donors (Lipinski definition) is 0. The number of nitrogens with zero attached hydrogens (tertiary/aromatic N) is 4. The molecule has 4 nitrogen and oxygen atoms in total. The zero-order chi connectivity index (χ0) is 41.1. The molecule has 4 aromatic rings. The smallest absolute Gasteiger partial charge is 0.132 e. The van der Waals surface area contributed by atoms with E-state index in [4.69, 9.17) is 0 Å². The fraction of sp³-hybridized carbons (Fsp3) is 0.529. The normalized spacial score (nSPS) is 11.6. The van der Waals surface area contributed by atoms with Gasteiger partial charge in [-0.1, -0.05) is 149 Å². The minimum Gasteiger partial charge on any atom is -0.327 e. The Morgan fingerprint density at radius 2 is 0.636 bits per heavy atom. The van der Waals surface area contributed by atoms with Gasteiger partial charge in [0.25, 0.3) is 0 Å². The number of hydrogen-bond acceptors (Lipinski definition) is 0. The van der Waals surface area contributed by atoms with Crippen LogP contribution in [-0.2, 0) is 19.6 Å². The third-order valence-corrected chi connectivity index (χ3v) is 10.7. The van der Waals surface area contributed by atoms with Gasteiger partial charge in [0.2, 0.25) is 0 Å². The average molecular weight is 755 g/mol. The monoisotopic (exact) mass is 755 g/mol. The molecule has 4 heteroatoms. The molecule has 0 aliphatic carbocycles. The first-order chi connectivity index (χ1) is 26.2. The van der Waals surface area contributed by atoms with E-state index >= 15 is 0 Å². The fourth-order valence-corrected chi connectivity index (χ4v) is 7.01. The van der Waals surface area contributed by atoms with Gasteiger partial charge in [0, 0.05) is 16.7 Å². The molecule has 55 heavy (non-hydrogen) atoms. The number of rotatable bonds is 19. The molecule has 0 aliphatic rings. The second-order valence-corrected chi connectivity index (χ2v) is 17.4. The van der Waals surface area contributed by atoms with Crippen molar-refractivity contribution in [1.82, 2.24) is 4.48 Å². The lowest BCUT2D eigenvalue weighted by Crippen LogP contribution is -2.49. The first-order valence-corrected chi connectivity index (χ1v) is 21.7. The number of unbranched alkanes of at least 4 members (excludes halogenated alkanes) is 3. The van der Waals surface area contributed by atoms with Gasteiger partial charge in [0.1, 0.15) is 25.3 Å². The van der Waals surface area contributed by atoms with Crippen LogP contribution < -0.4 is 4.48 Å². The van der Waals surface area contributed by atoms with Gasteiger partial charge >= 0.3 is 0 Å². The van der Waals surface area contributed by atoms with E-state index in [1.807, 2.05) is 6.07 Å². The van der Waals surface area contributed by atoms with Crippen molar-refractivity contribution in [2.45, 2.75) is 99.7 Å². The predicted molar refractivity (Wildman–Crippen MR) is 246 cm³/mol. The molecule has 4 aromatic carbocycles. The SMILES string of the molecule is CCCC[N+](CCCC)(CCCC)Cc1ccccc1.CC[N+](CC)(CC)Cc1ccccc1.C[N+](C)(C)Cc1ccccc1.C[N+](C)(C)c1ccccc1. The van der Waals surface area contributed by atoms with Crippen LogP contribution in [0.2, 0.25) is 0 Å². The zero-order valence-electron chi connectivity index (χ0n) is 37.9. The van der Waals surface area contributed by atoms with Crippen LogP contribution in [-0.4, -0.2) is 95.0 Å². The summed E-state index contributed by atoms with van der Waals surface area (Å²) < 4.78 is 4.38. The van der Waals surface area contributed by atoms with Crippen LogP contribution in [0.4, 0.5) is 5.69 Å². The van der Waals surface area contributed by atoms with Crippen molar-refractivity contribution in [2.75, 3.05) is 81.6 Å². The summed E-state index contributed by atoms with van der Waals surface area (Å²) in [6.45, 7) is 25.0. The van der Waals surface area contributed by atoms with Crippen molar-refractivity contribution in [3.63, 3.8) is 0 Å². The molecule has 0 bridgehead atoms. The van der Waals surface area contributed by atoms with Crippen molar-refractivity contribution < 1.29 is 13.4 Å². The number of quaternary nitrogens is 4. The Balaban J connectivity index is 0.000000381. The summed E-state index contributed by atoms with van der Waals surface area (Å²) in [4.78, 5) is 0. The largest absolute Gasteiger partial charge is 0.327 e. The first kappa shape index (κ1) is 49.7. The minimum absolute atomic E-state index is 0.890. The van der Waals surface area contributed by atoms with Crippen molar-refractivity contribution >= 4 is 5.69 Å². The maximum absolute atomic E-state index is 2.32. The second-order valence-electron chi connectivity index (χ2n) is 17.4. The van der Waals surface area contributed by atoms with Gasteiger partial charge in [-0.05, 0) is 52.2 Å². The summed E-state index contributed by atoms with van der Waals surface area (Å²) in [6.07, 6.45) is 8.02. The Bertz CT molecular complexity index is 1410. The maximum atomic E-state index is 2.32. The van der Waals surface area contributed by atoms with E-state index in [0.717, 1.165) is 15.5 Å². The quantitative estimate of drug-likeness (QED) is 0.0836. The molecular formula is C51H86N4+4. The van der Waals surface area contributed by atoms with Gasteiger partial charge in [0.05, 0.1) is 81.6 Å². The Labute approximate surface area is 341 Å². The highest BCUT2D eigenvalue weighted by molar-refractivity contribution is 5.40. The van der Waals surface area contributed by atoms with Crippen LogP contribution in [0.25, 0.3) is 0 Å². The molecule has 0 N–H and O–H groups in total. The molecule has 4 rings (SSSR count). The molecule has 306 valence electrons. The standard InChI is InChI=1S/C19H34N.C13H22N.C10H16N.C9H14N/c1-4-7-15-20(16-8-5-2,17-9-6-3)18-19-13-11-10-12-14-19;1-4-14(5-2,6-3)12-13-10-8-7-9-11-13;1-11(2,3)9-10-7-5-4-6-8-10;1-10(2,3)9-7-5-4-6-8-9/h10-14H,4-9,15-18H2,1-3H3;7-11H,4-6,12H2,1-3H3;4-8H,9H2,1-3H3;4-8H,1-3H3/q4*+1. The van der Waals surface area contributed by atoms with E-state index in [-0.39, 0.29) is 0 Å². The molecule has 0 fully saturated rings. The molecular weight excluding hydrogens is 669 g/mol. The van der Waals surface area contributed by atoms with Crippen LogP contribution in [0.3, 0.4) is 0 Å². The van der Waals surface area contributed by atoms with Gasteiger partial charge in [-0.3, -0.25) is 4.48 Å². The summed E-state index contributed by atoms with van der Waals surface area (Å²) in [5.74, 6) is 0. The summed E-state index contributed by atoms with van der Waals surface area (Å²) in [7, 11) is 13.1. The van der Waals surface area contributed by atoms with Crippen LogP contribution in [0.5, 0.6) is 0 Å². The zero-order valence-corrected chi connectivity index (χ0v) is 37.9. The Hall–Kier alpha value is -3.28. The van der Waals surface area contributed by atoms with Gasteiger partial charge in [-0.25, -0.2) is 0 Å². The van der Waals surface area contributed by atoms with Crippen LogP contribution >= 0.6 is 0 Å². The van der Waals surface area contributed by atoms with Crippen molar-refractivity contribution in [3.8, 4) is 0 Å². The highest BCUT2D eigenvalue weighted by Gasteiger charge is 2.26. The molecule has 0 amide bonds. The van der Waals surface area contributed by atoms with E-state index in [9.17, 15) is 0 Å². The van der Waals surface area contributed by atoms with Gasteiger partial charge < -0.3 is 13.4 Å². The third kappa shape index (κ3) is 22.2. The molecule has 0 aromatic heterocycles. The molecule has 0 heterocycles. The Kier molecular flexibility index (Phi) is 24.7. The van der Waals surface area contributed by atoms with Crippen molar-refractivity contribution in [3.05, 3.63) is 138 Å². The van der Waals surface area contributed by atoms with Crippen LogP contribution in [0.1, 0.15) is 96.8 Å². The predicted octanol–water partition coefficient (Wildman–Crippen LogP) is 12.2. The van der Waals surface area contributed by atoms with E-state index in [1.165, 1.54) is 122 Å². The molecule has 0 saturated heterocycles. The lowest BCUT2D eigenvalue weighted by atomic mass is 10.1. The summed E-state index contributed by atoms with van der Waals surface area (Å²) in [5.41, 5.74) is 5.70. The van der Waals surface area contributed by atoms with E-state index in [2.05, 4.69) is 199 Å². The highest BCUT2D eigenvalue weighted by Crippen LogP contribution is 2.20. The molecule has 0 aliphatic heterocycles. The van der Waals surface area contributed by atoms with E-state index < -0.39 is 0 Å². The molecule has 0 saturated carbocycles. The van der Waals surface area contributed by atoms with Crippen LogP contribution in [0.15, 0.2) is 121 Å².